The Bertz CT molecular complexity index is 444. The zero-order chi connectivity index (χ0) is 7.97. The molecule has 0 aliphatic heterocycles. The normalized spacial score (nSPS) is 11.3. The molecule has 3 rings (SSSR count). The maximum atomic E-state index is 5.13. The van der Waals surface area contributed by atoms with Gasteiger partial charge in [-0.2, -0.15) is 0 Å². The molecule has 0 spiro atoms. The maximum Gasteiger partial charge on any atom is 0.165 e. The molecule has 58 valence electrons. The Morgan fingerprint density at radius 1 is 1.25 bits per heavy atom. The number of aromatic amines is 1. The van der Waals surface area contributed by atoms with E-state index < -0.39 is 0 Å². The second-order valence-corrected chi connectivity index (χ2v) is 2.76. The van der Waals surface area contributed by atoms with E-state index in [0.29, 0.717) is 0 Å². The van der Waals surface area contributed by atoms with E-state index in [2.05, 4.69) is 16.2 Å². The summed E-state index contributed by atoms with van der Waals surface area (Å²) in [5.41, 5.74) is 1.83. The highest BCUT2D eigenvalue weighted by molar-refractivity contribution is 5.93. The van der Waals surface area contributed by atoms with Crippen LogP contribution in [0.25, 0.3) is 21.9 Å². The summed E-state index contributed by atoms with van der Waals surface area (Å²) in [6.07, 6.45) is 3.63. The van der Waals surface area contributed by atoms with Crippen LogP contribution in [0.15, 0.2) is 35.1 Å². The average molecular weight is 158 g/mol. The molecule has 2 aromatic heterocycles. The van der Waals surface area contributed by atoms with Gasteiger partial charge in [0.15, 0.2) is 5.58 Å². The average Bonchev–Trinajstić information content (AvgIpc) is 2.64. The Balaban J connectivity index is 2.62. The van der Waals surface area contributed by atoms with Crippen molar-refractivity contribution in [1.82, 2.24) is 10.1 Å². The summed E-state index contributed by atoms with van der Waals surface area (Å²) in [6.45, 7) is 0. The van der Waals surface area contributed by atoms with Crippen molar-refractivity contribution in [3.63, 3.8) is 0 Å². The van der Waals surface area contributed by atoms with Crippen LogP contribution in [0, 0.1) is 0 Å². The predicted molar refractivity (Wildman–Crippen MR) is 45.9 cm³/mol. The van der Waals surface area contributed by atoms with Crippen LogP contribution >= 0.6 is 0 Å². The van der Waals surface area contributed by atoms with Gasteiger partial charge in [-0.05, 0) is 12.1 Å². The number of H-pyrrole nitrogens is 1. The first-order valence-corrected chi connectivity index (χ1v) is 3.74. The Kier molecular flexibility index (Phi) is 0.913. The molecule has 0 aliphatic carbocycles. The number of benzene rings is 1. The molecule has 0 saturated heterocycles. The Morgan fingerprint density at radius 2 is 2.25 bits per heavy atom. The first-order chi connectivity index (χ1) is 5.93. The van der Waals surface area contributed by atoms with E-state index in [-0.39, 0.29) is 0 Å². The van der Waals surface area contributed by atoms with Crippen LogP contribution in [0.5, 0.6) is 0 Å². The first-order valence-electron chi connectivity index (χ1n) is 3.74. The lowest BCUT2D eigenvalue weighted by atomic mass is 10.2. The fourth-order valence-electron chi connectivity index (χ4n) is 1.40. The minimum Gasteiger partial charge on any atom is -0.382 e. The lowest BCUT2D eigenvalue weighted by Crippen LogP contribution is -1.66. The van der Waals surface area contributed by atoms with Gasteiger partial charge in [0.05, 0.1) is 5.52 Å². The Hall–Kier alpha value is -1.77. The molecule has 3 aromatic rings. The standard InChI is InChI=1S/C9H6N2O/c1-2-10-8-4-9-7(3-6(1)8)5-11-12-9/h1-5,11H. The van der Waals surface area contributed by atoms with Crippen LogP contribution in [0.2, 0.25) is 0 Å². The van der Waals surface area contributed by atoms with E-state index in [1.807, 2.05) is 18.3 Å². The van der Waals surface area contributed by atoms with Gasteiger partial charge in [0, 0.05) is 29.2 Å². The van der Waals surface area contributed by atoms with Gasteiger partial charge in [-0.15, -0.1) is 0 Å². The van der Waals surface area contributed by atoms with Gasteiger partial charge in [-0.25, -0.2) is 5.16 Å². The molecule has 2 heterocycles. The predicted octanol–water partition coefficient (Wildman–Crippen LogP) is 2.31. The molecule has 3 nitrogen and oxygen atoms in total. The van der Waals surface area contributed by atoms with E-state index in [9.17, 15) is 0 Å². The lowest BCUT2D eigenvalue weighted by molar-refractivity contribution is 0.456. The van der Waals surface area contributed by atoms with Crippen molar-refractivity contribution in [3.05, 3.63) is 30.6 Å². The van der Waals surface area contributed by atoms with Gasteiger partial charge >= 0.3 is 0 Å². The number of rotatable bonds is 0. The Labute approximate surface area is 68.0 Å². The van der Waals surface area contributed by atoms with E-state index >= 15 is 0 Å². The van der Waals surface area contributed by atoms with Gasteiger partial charge in [-0.3, -0.25) is 4.98 Å². The number of hydrogen-bond acceptors (Lipinski definition) is 2. The van der Waals surface area contributed by atoms with Crippen LogP contribution in [-0.2, 0) is 0 Å². The molecule has 0 fully saturated rings. The molecule has 1 N–H and O–H groups in total. The Morgan fingerprint density at radius 3 is 3.25 bits per heavy atom. The minimum absolute atomic E-state index is 0.848. The molecule has 0 aliphatic rings. The third kappa shape index (κ3) is 0.625. The monoisotopic (exact) mass is 158 g/mol. The zero-order valence-electron chi connectivity index (χ0n) is 6.24. The van der Waals surface area contributed by atoms with Gasteiger partial charge in [0.2, 0.25) is 0 Å². The third-order valence-electron chi connectivity index (χ3n) is 2.01. The quantitative estimate of drug-likeness (QED) is 0.545. The largest absolute Gasteiger partial charge is 0.382 e. The van der Waals surface area contributed by atoms with Crippen molar-refractivity contribution in [2.75, 3.05) is 0 Å². The van der Waals surface area contributed by atoms with Crippen molar-refractivity contribution in [3.8, 4) is 0 Å². The molecule has 0 radical (unpaired) electrons. The topological polar surface area (TPSA) is 41.8 Å². The summed E-state index contributed by atoms with van der Waals surface area (Å²) < 4.78 is 5.13. The van der Waals surface area contributed by atoms with Crippen molar-refractivity contribution >= 4 is 21.9 Å². The maximum absolute atomic E-state index is 5.13. The summed E-state index contributed by atoms with van der Waals surface area (Å²) in [4.78, 5) is 4.17. The third-order valence-corrected chi connectivity index (χ3v) is 2.01. The van der Waals surface area contributed by atoms with E-state index in [4.69, 9.17) is 4.52 Å². The fourth-order valence-corrected chi connectivity index (χ4v) is 1.40. The zero-order valence-corrected chi connectivity index (χ0v) is 6.24. The highest BCUT2D eigenvalue weighted by Crippen LogP contribution is 2.20. The number of nitrogens with one attached hydrogen (secondary N) is 1. The molecule has 0 saturated carbocycles. The number of aromatic nitrogens is 2. The number of nitrogens with zero attached hydrogens (tertiary/aromatic N) is 1. The van der Waals surface area contributed by atoms with Gasteiger partial charge in [0.1, 0.15) is 0 Å². The molecule has 3 heteroatoms. The van der Waals surface area contributed by atoms with Crippen molar-refractivity contribution in [1.29, 1.82) is 0 Å². The summed E-state index contributed by atoms with van der Waals surface area (Å²) in [6, 6.07) is 5.97. The molecule has 0 amide bonds. The smallest absolute Gasteiger partial charge is 0.165 e. The van der Waals surface area contributed by atoms with Gasteiger partial charge in [0.25, 0.3) is 0 Å². The molecule has 0 unspecified atom stereocenters. The number of hydrogen-bond donors (Lipinski definition) is 1. The molecular weight excluding hydrogens is 152 g/mol. The van der Waals surface area contributed by atoms with Gasteiger partial charge < -0.3 is 4.52 Å². The second-order valence-electron chi connectivity index (χ2n) is 2.76. The molecular formula is C9H6N2O. The molecule has 0 atom stereocenters. The minimum atomic E-state index is 0.848. The van der Waals surface area contributed by atoms with Crippen LogP contribution in [0.1, 0.15) is 0 Å². The van der Waals surface area contributed by atoms with Crippen LogP contribution in [-0.4, -0.2) is 10.1 Å². The van der Waals surface area contributed by atoms with Crippen LogP contribution in [0.3, 0.4) is 0 Å². The van der Waals surface area contributed by atoms with E-state index in [1.54, 1.807) is 6.20 Å². The van der Waals surface area contributed by atoms with Crippen molar-refractivity contribution < 1.29 is 4.52 Å². The van der Waals surface area contributed by atoms with E-state index in [1.165, 1.54) is 0 Å². The lowest BCUT2D eigenvalue weighted by Gasteiger charge is -1.86. The van der Waals surface area contributed by atoms with Crippen molar-refractivity contribution in [2.24, 2.45) is 0 Å². The second kappa shape index (κ2) is 1.88. The molecule has 12 heavy (non-hydrogen) atoms. The van der Waals surface area contributed by atoms with E-state index in [0.717, 1.165) is 21.9 Å². The SMILES string of the molecule is c1cc2cc3c[nH]oc3cc2n1. The highest BCUT2D eigenvalue weighted by atomic mass is 16.5. The number of fused-ring (bicyclic) bond motifs is 2. The summed E-state index contributed by atoms with van der Waals surface area (Å²) in [7, 11) is 0. The molecule has 1 aromatic carbocycles. The summed E-state index contributed by atoms with van der Waals surface area (Å²) in [5, 5.41) is 4.93. The summed E-state index contributed by atoms with van der Waals surface area (Å²) >= 11 is 0. The summed E-state index contributed by atoms with van der Waals surface area (Å²) in [5.74, 6) is 0. The van der Waals surface area contributed by atoms with Gasteiger partial charge in [-0.1, -0.05) is 0 Å². The first kappa shape index (κ1) is 5.83. The molecule has 0 bridgehead atoms. The fraction of sp³-hybridized carbons (Fsp3) is 0. The van der Waals surface area contributed by atoms with Crippen molar-refractivity contribution in [2.45, 2.75) is 0 Å². The van der Waals surface area contributed by atoms with Crippen LogP contribution in [0.4, 0.5) is 0 Å². The highest BCUT2D eigenvalue weighted by Gasteiger charge is 2.00. The van der Waals surface area contributed by atoms with Crippen LogP contribution < -0.4 is 0 Å².